The predicted molar refractivity (Wildman–Crippen MR) is 194 cm³/mol. The maximum absolute atomic E-state index is 15.1. The molecule has 4 rings (SSSR count). The van der Waals surface area contributed by atoms with E-state index in [0.717, 1.165) is 13.1 Å². The van der Waals surface area contributed by atoms with Crippen molar-refractivity contribution < 1.29 is 37.0 Å². The third-order valence-corrected chi connectivity index (χ3v) is 12.3. The summed E-state index contributed by atoms with van der Waals surface area (Å²) >= 11 is 0. The summed E-state index contributed by atoms with van der Waals surface area (Å²) in [6, 6.07) is 4.83. The van der Waals surface area contributed by atoms with E-state index in [2.05, 4.69) is 4.90 Å². The van der Waals surface area contributed by atoms with E-state index in [0.29, 0.717) is 75.1 Å². The number of esters is 1. The van der Waals surface area contributed by atoms with E-state index in [-0.39, 0.29) is 36.1 Å². The molecule has 3 aliphatic rings. The van der Waals surface area contributed by atoms with E-state index in [1.165, 1.54) is 12.1 Å². The van der Waals surface area contributed by atoms with Crippen LogP contribution in [0, 0.1) is 17.7 Å². The summed E-state index contributed by atoms with van der Waals surface area (Å²) in [4.78, 5) is 32.0. The summed E-state index contributed by atoms with van der Waals surface area (Å²) in [5, 5.41) is 10.7. The number of likely N-dealkylation sites (N-methyl/N-ethyl adjacent to an activating group) is 1. The van der Waals surface area contributed by atoms with Gasteiger partial charge in [0.2, 0.25) is 10.0 Å². The number of hydrogen-bond donors (Lipinski definition) is 1. The number of nitrogens with zero attached hydrogens (tertiary/aromatic N) is 4. The number of hydrogen-bond acceptors (Lipinski definition) is 9. The molecule has 5 atom stereocenters. The lowest BCUT2D eigenvalue weighted by Crippen LogP contribution is -2.48. The molecule has 3 heterocycles. The molecule has 0 bridgehead atoms. The highest BCUT2D eigenvalue weighted by Crippen LogP contribution is 2.29. The van der Waals surface area contributed by atoms with Gasteiger partial charge in [0, 0.05) is 64.0 Å². The maximum Gasteiger partial charge on any atom is 0.410 e. The smallest absolute Gasteiger partial charge is 0.410 e. The van der Waals surface area contributed by atoms with Crippen molar-refractivity contribution in [2.45, 2.75) is 90.6 Å². The first-order valence-corrected chi connectivity index (χ1v) is 19.7. The van der Waals surface area contributed by atoms with Crippen molar-refractivity contribution in [3.05, 3.63) is 47.3 Å². The minimum absolute atomic E-state index is 0.0485. The Morgan fingerprint density at radius 3 is 2.40 bits per heavy atom. The fourth-order valence-electron chi connectivity index (χ4n) is 6.96. The third-order valence-electron chi connectivity index (χ3n) is 10.2. The number of benzene rings is 1. The Bertz CT molecular complexity index is 1470. The zero-order valence-corrected chi connectivity index (χ0v) is 31.4. The van der Waals surface area contributed by atoms with E-state index in [4.69, 9.17) is 9.47 Å². The molecular weight excluding hydrogens is 663 g/mol. The number of halogens is 1. The molecule has 280 valence electrons. The topological polar surface area (TPSA) is 120 Å². The van der Waals surface area contributed by atoms with Crippen molar-refractivity contribution in [3.63, 3.8) is 0 Å². The number of piperazine rings is 1. The van der Waals surface area contributed by atoms with Gasteiger partial charge >= 0.3 is 12.1 Å². The molecule has 1 aromatic carbocycles. The number of rotatable bonds is 8. The maximum atomic E-state index is 15.1. The minimum atomic E-state index is -3.26. The van der Waals surface area contributed by atoms with Gasteiger partial charge in [-0.15, -0.1) is 0 Å². The van der Waals surface area contributed by atoms with Crippen molar-refractivity contribution in [1.29, 1.82) is 0 Å². The predicted octanol–water partition coefficient (Wildman–Crippen LogP) is 4.91. The summed E-state index contributed by atoms with van der Waals surface area (Å²) in [6.45, 7) is 11.2. The van der Waals surface area contributed by atoms with Crippen LogP contribution in [0.2, 0.25) is 0 Å². The summed E-state index contributed by atoms with van der Waals surface area (Å²) < 4.78 is 53.7. The van der Waals surface area contributed by atoms with Crippen LogP contribution in [0.15, 0.2) is 35.9 Å². The van der Waals surface area contributed by atoms with Crippen LogP contribution >= 0.6 is 0 Å². The van der Waals surface area contributed by atoms with Gasteiger partial charge in [0.05, 0.1) is 18.3 Å². The van der Waals surface area contributed by atoms with Crippen LogP contribution in [0.1, 0.15) is 71.8 Å². The van der Waals surface area contributed by atoms with E-state index in [1.807, 2.05) is 64.9 Å². The molecule has 0 radical (unpaired) electrons. The molecule has 0 aromatic heterocycles. The average Bonchev–Trinajstić information content (AvgIpc) is 3.07. The third kappa shape index (κ3) is 11.0. The van der Waals surface area contributed by atoms with Gasteiger partial charge in [0.25, 0.3) is 0 Å². The monoisotopic (exact) mass is 720 g/mol. The number of carbonyl (C=O) groups excluding carboxylic acids is 2. The number of amides is 1. The molecule has 3 aliphatic heterocycles. The number of aliphatic hydroxyl groups excluding tert-OH is 1. The fraction of sp³-hybridized carbons (Fsp3) is 0.676. The summed E-state index contributed by atoms with van der Waals surface area (Å²) in [7, 11) is 0.663. The van der Waals surface area contributed by atoms with Crippen LogP contribution in [-0.4, -0.2) is 123 Å². The van der Waals surface area contributed by atoms with Crippen LogP contribution in [0.3, 0.4) is 0 Å². The second kappa shape index (κ2) is 18.0. The minimum Gasteiger partial charge on any atom is -0.457 e. The Morgan fingerprint density at radius 1 is 1.06 bits per heavy atom. The van der Waals surface area contributed by atoms with Crippen molar-refractivity contribution in [1.82, 2.24) is 14.1 Å². The lowest BCUT2D eigenvalue weighted by molar-refractivity contribution is -0.151. The van der Waals surface area contributed by atoms with Gasteiger partial charge in [-0.05, 0) is 87.4 Å². The lowest BCUT2D eigenvalue weighted by atomic mass is 9.91. The highest BCUT2D eigenvalue weighted by Gasteiger charge is 2.31. The van der Waals surface area contributed by atoms with Crippen molar-refractivity contribution in [2.75, 3.05) is 64.0 Å². The number of piperidine rings is 1. The number of carbonyl (C=O) groups is 2. The van der Waals surface area contributed by atoms with Crippen LogP contribution in [0.25, 0.3) is 6.08 Å². The molecule has 0 spiro atoms. The van der Waals surface area contributed by atoms with Crippen molar-refractivity contribution in [2.24, 2.45) is 11.8 Å². The highest BCUT2D eigenvalue weighted by molar-refractivity contribution is 7.89. The first-order chi connectivity index (χ1) is 23.7. The highest BCUT2D eigenvalue weighted by atomic mass is 32.2. The molecule has 1 amide bonds. The molecular formula is C37H57FN4O7S. The number of sulfonamides is 1. The summed E-state index contributed by atoms with van der Waals surface area (Å²) in [5.74, 6) is -1.21. The van der Waals surface area contributed by atoms with Gasteiger partial charge in [-0.2, -0.15) is 0 Å². The van der Waals surface area contributed by atoms with E-state index < -0.39 is 40.1 Å². The zero-order valence-electron chi connectivity index (χ0n) is 30.6. The van der Waals surface area contributed by atoms with Crippen molar-refractivity contribution >= 4 is 33.8 Å². The Labute approximate surface area is 298 Å². The number of ether oxygens (including phenoxy) is 2. The van der Waals surface area contributed by atoms with Crippen LogP contribution in [0.4, 0.5) is 14.9 Å². The van der Waals surface area contributed by atoms with Gasteiger partial charge in [-0.1, -0.05) is 32.9 Å². The zero-order chi connectivity index (χ0) is 36.6. The first kappa shape index (κ1) is 39.8. The number of cyclic esters (lactones) is 1. The van der Waals surface area contributed by atoms with Crippen molar-refractivity contribution in [3.8, 4) is 0 Å². The van der Waals surface area contributed by atoms with Gasteiger partial charge < -0.3 is 29.3 Å². The summed E-state index contributed by atoms with van der Waals surface area (Å²) in [6.07, 6.45) is 5.67. The van der Waals surface area contributed by atoms with E-state index in [1.54, 1.807) is 15.3 Å². The normalized spacial score (nSPS) is 27.9. The average molecular weight is 721 g/mol. The second-order valence-corrected chi connectivity index (χ2v) is 16.5. The molecule has 0 aliphatic carbocycles. The lowest BCUT2D eigenvalue weighted by Gasteiger charge is -2.37. The Hall–Kier alpha value is -3.00. The first-order valence-electron chi connectivity index (χ1n) is 18.1. The fourth-order valence-corrected chi connectivity index (χ4v) is 8.50. The Balaban J connectivity index is 1.52. The SMILES string of the molecule is CCCS(=O)(=O)N1CCC(N(C)c2cc(F)cc(/C=C(\C)[C@H]3OC(=O)C[C@H](O)CC[C@H](C)[C@@H](OC(=O)N4CCN(C)CC4)/C=C\[C@@H]3C)c2)CC1. The number of anilines is 1. The van der Waals surface area contributed by atoms with E-state index >= 15 is 4.39 Å². The standard InChI is InChI=1S/C37H57FN4O7S/c1-7-20-50(46,47)42-14-12-31(13-15-42)40(6)32-23-29(22-30(38)24-32)21-28(4)36-27(3)9-11-34(26(2)8-10-33(43)25-35(44)49-36)48-37(45)41-18-16-39(5)17-19-41/h9,11,21-24,26-27,31,33-34,36,43H,7-8,10,12-20,25H2,1-6H3/b11-9-,28-21+/t26-,27-,33+,34-,36-/m0/s1. The molecule has 0 saturated carbocycles. The van der Waals surface area contributed by atoms with Gasteiger partial charge in [0.1, 0.15) is 18.0 Å². The largest absolute Gasteiger partial charge is 0.457 e. The molecule has 1 N–H and O–H groups in total. The van der Waals surface area contributed by atoms with E-state index in [9.17, 15) is 23.1 Å². The number of aliphatic hydroxyl groups is 1. The van der Waals surface area contributed by atoms with Crippen LogP contribution in [-0.2, 0) is 24.3 Å². The van der Waals surface area contributed by atoms with Gasteiger partial charge in [-0.25, -0.2) is 21.9 Å². The molecule has 13 heteroatoms. The molecule has 2 fully saturated rings. The van der Waals surface area contributed by atoms with Crippen LogP contribution in [0.5, 0.6) is 0 Å². The molecule has 0 unspecified atom stereocenters. The molecule has 1 aromatic rings. The van der Waals surface area contributed by atoms with Gasteiger partial charge in [0.15, 0.2) is 0 Å². The quantitative estimate of drug-likeness (QED) is 0.295. The second-order valence-electron chi connectivity index (χ2n) is 14.4. The summed E-state index contributed by atoms with van der Waals surface area (Å²) in [5.41, 5.74) is 1.96. The Morgan fingerprint density at radius 2 is 1.74 bits per heavy atom. The van der Waals surface area contributed by atoms with Gasteiger partial charge in [-0.3, -0.25) is 4.79 Å². The molecule has 50 heavy (non-hydrogen) atoms. The molecule has 11 nitrogen and oxygen atoms in total. The molecule has 2 saturated heterocycles. The van der Waals surface area contributed by atoms with Crippen LogP contribution < -0.4 is 4.90 Å². The Kier molecular flexibility index (Phi) is 14.3.